The molecular weight excluding hydrogens is 388 g/mol. The fourth-order valence-corrected chi connectivity index (χ4v) is 4.19. The molecule has 2 aliphatic rings. The molecule has 7 nitrogen and oxygen atoms in total. The summed E-state index contributed by atoms with van der Waals surface area (Å²) in [5.41, 5.74) is 1.06. The summed E-state index contributed by atoms with van der Waals surface area (Å²) < 4.78 is 34.4. The first kappa shape index (κ1) is 23.0. The minimum Gasteiger partial charge on any atom is -0.497 e. The summed E-state index contributed by atoms with van der Waals surface area (Å²) in [5.74, 6) is 0.163. The van der Waals surface area contributed by atoms with E-state index in [4.69, 9.17) is 28.4 Å². The molecule has 3 rings (SSSR count). The van der Waals surface area contributed by atoms with Crippen LogP contribution in [0.3, 0.4) is 0 Å². The summed E-state index contributed by atoms with van der Waals surface area (Å²) in [6, 6.07) is 7.80. The quantitative estimate of drug-likeness (QED) is 0.565. The standard InChI is InChI=1S/C23H34O7/c1-6-27-21(24)11-19-18(13-26-12-16-7-9-17(25-5)10-8-16)15(2)22(29-19)20-14-28-23(3,4)30-20/h7-10,15,18-20,22H,6,11-14H2,1-5H3. The van der Waals surface area contributed by atoms with Gasteiger partial charge in [-0.25, -0.2) is 0 Å². The maximum Gasteiger partial charge on any atom is 0.308 e. The van der Waals surface area contributed by atoms with Gasteiger partial charge in [0.05, 0.1) is 52.2 Å². The van der Waals surface area contributed by atoms with Gasteiger partial charge in [-0.2, -0.15) is 0 Å². The first-order chi connectivity index (χ1) is 14.3. The number of carbonyl (C=O) groups excluding carboxylic acids is 1. The smallest absolute Gasteiger partial charge is 0.308 e. The van der Waals surface area contributed by atoms with Gasteiger partial charge in [-0.1, -0.05) is 19.1 Å². The van der Waals surface area contributed by atoms with Crippen LogP contribution in [0.15, 0.2) is 24.3 Å². The zero-order valence-electron chi connectivity index (χ0n) is 18.6. The van der Waals surface area contributed by atoms with E-state index in [9.17, 15) is 4.79 Å². The Balaban J connectivity index is 1.62. The molecule has 2 heterocycles. The number of carbonyl (C=O) groups is 1. The lowest BCUT2D eigenvalue weighted by Crippen LogP contribution is -2.35. The van der Waals surface area contributed by atoms with E-state index in [1.54, 1.807) is 14.0 Å². The highest BCUT2D eigenvalue weighted by atomic mass is 16.7. The minimum absolute atomic E-state index is 0.0602. The molecule has 0 amide bonds. The maximum absolute atomic E-state index is 12.1. The Morgan fingerprint density at radius 3 is 2.57 bits per heavy atom. The third-order valence-corrected chi connectivity index (χ3v) is 5.81. The number of rotatable bonds is 9. The van der Waals surface area contributed by atoms with Crippen molar-refractivity contribution in [1.29, 1.82) is 0 Å². The van der Waals surface area contributed by atoms with Crippen molar-refractivity contribution in [1.82, 2.24) is 0 Å². The Hall–Kier alpha value is -1.67. The summed E-state index contributed by atoms with van der Waals surface area (Å²) >= 11 is 0. The van der Waals surface area contributed by atoms with Crippen molar-refractivity contribution in [3.05, 3.63) is 29.8 Å². The largest absolute Gasteiger partial charge is 0.497 e. The van der Waals surface area contributed by atoms with Crippen LogP contribution in [0.25, 0.3) is 0 Å². The molecule has 1 aromatic rings. The lowest BCUT2D eigenvalue weighted by molar-refractivity contribution is -0.161. The van der Waals surface area contributed by atoms with Crippen LogP contribution in [-0.2, 0) is 35.1 Å². The van der Waals surface area contributed by atoms with Gasteiger partial charge in [-0.05, 0) is 44.4 Å². The highest BCUT2D eigenvalue weighted by Crippen LogP contribution is 2.40. The summed E-state index contributed by atoms with van der Waals surface area (Å²) in [7, 11) is 1.65. The highest BCUT2D eigenvalue weighted by molar-refractivity contribution is 5.70. The highest BCUT2D eigenvalue weighted by Gasteiger charge is 2.49. The Labute approximate surface area is 178 Å². The van der Waals surface area contributed by atoms with Crippen molar-refractivity contribution < 1.29 is 33.2 Å². The molecule has 0 bridgehead atoms. The van der Waals surface area contributed by atoms with Gasteiger partial charge >= 0.3 is 5.97 Å². The minimum atomic E-state index is -0.618. The van der Waals surface area contributed by atoms with E-state index in [0.29, 0.717) is 26.4 Å². The van der Waals surface area contributed by atoms with Gasteiger partial charge in [0.2, 0.25) is 0 Å². The van der Waals surface area contributed by atoms with Crippen LogP contribution in [0.1, 0.15) is 39.7 Å². The molecule has 0 N–H and O–H groups in total. The van der Waals surface area contributed by atoms with Gasteiger partial charge in [0.25, 0.3) is 0 Å². The van der Waals surface area contributed by atoms with Crippen molar-refractivity contribution in [3.8, 4) is 5.75 Å². The first-order valence-electron chi connectivity index (χ1n) is 10.7. The second kappa shape index (κ2) is 10.1. The molecule has 2 aliphatic heterocycles. The van der Waals surface area contributed by atoms with Crippen LogP contribution in [-0.4, -0.2) is 57.0 Å². The summed E-state index contributed by atoms with van der Waals surface area (Å²) in [6.07, 6.45) is -0.373. The molecule has 168 valence electrons. The lowest BCUT2D eigenvalue weighted by atomic mass is 9.86. The molecule has 0 saturated carbocycles. The Morgan fingerprint density at radius 1 is 1.23 bits per heavy atom. The van der Waals surface area contributed by atoms with E-state index in [2.05, 4.69) is 6.92 Å². The first-order valence-corrected chi connectivity index (χ1v) is 10.7. The fraction of sp³-hybridized carbons (Fsp3) is 0.696. The molecule has 5 unspecified atom stereocenters. The fourth-order valence-electron chi connectivity index (χ4n) is 4.19. The number of hydrogen-bond donors (Lipinski definition) is 0. The summed E-state index contributed by atoms with van der Waals surface area (Å²) in [5, 5.41) is 0. The van der Waals surface area contributed by atoms with Crippen molar-refractivity contribution in [2.24, 2.45) is 11.8 Å². The Kier molecular flexibility index (Phi) is 7.74. The molecule has 0 spiro atoms. The van der Waals surface area contributed by atoms with Gasteiger partial charge < -0.3 is 28.4 Å². The van der Waals surface area contributed by atoms with Gasteiger partial charge in [-0.3, -0.25) is 4.79 Å². The average Bonchev–Trinajstić information content (AvgIpc) is 3.22. The number of hydrogen-bond acceptors (Lipinski definition) is 7. The number of methoxy groups -OCH3 is 1. The SMILES string of the molecule is CCOC(=O)CC1OC(C2COC(C)(C)O2)C(C)C1COCc1ccc(OC)cc1. The number of esters is 1. The van der Waals surface area contributed by atoms with E-state index in [-0.39, 0.29) is 42.5 Å². The van der Waals surface area contributed by atoms with Gasteiger partial charge in [0.1, 0.15) is 11.9 Å². The topological polar surface area (TPSA) is 72.5 Å². The normalized spacial score (nSPS) is 30.4. The van der Waals surface area contributed by atoms with Crippen LogP contribution in [0, 0.1) is 11.8 Å². The maximum atomic E-state index is 12.1. The predicted molar refractivity (Wildman–Crippen MR) is 110 cm³/mol. The third kappa shape index (κ3) is 5.72. The molecule has 0 aliphatic carbocycles. The van der Waals surface area contributed by atoms with Crippen LogP contribution < -0.4 is 4.74 Å². The van der Waals surface area contributed by atoms with E-state index in [1.165, 1.54) is 0 Å². The van der Waals surface area contributed by atoms with Crippen molar-refractivity contribution in [2.75, 3.05) is 26.9 Å². The van der Waals surface area contributed by atoms with E-state index in [1.807, 2.05) is 38.1 Å². The zero-order valence-corrected chi connectivity index (χ0v) is 18.6. The molecule has 2 fully saturated rings. The van der Waals surface area contributed by atoms with Gasteiger partial charge in [0, 0.05) is 5.92 Å². The lowest BCUT2D eigenvalue weighted by Gasteiger charge is -2.24. The molecule has 0 radical (unpaired) electrons. The summed E-state index contributed by atoms with van der Waals surface area (Å²) in [6.45, 7) is 9.55. The van der Waals surface area contributed by atoms with Crippen molar-refractivity contribution >= 4 is 5.97 Å². The molecular formula is C23H34O7. The van der Waals surface area contributed by atoms with Crippen LogP contribution >= 0.6 is 0 Å². The Bertz CT molecular complexity index is 687. The molecule has 0 aromatic heterocycles. The predicted octanol–water partition coefficient (Wildman–Crippen LogP) is 3.34. The van der Waals surface area contributed by atoms with Gasteiger partial charge in [-0.15, -0.1) is 0 Å². The molecule has 2 saturated heterocycles. The van der Waals surface area contributed by atoms with Crippen LogP contribution in [0.5, 0.6) is 5.75 Å². The second-order valence-corrected chi connectivity index (χ2v) is 8.40. The Morgan fingerprint density at radius 2 is 1.97 bits per heavy atom. The molecule has 30 heavy (non-hydrogen) atoms. The van der Waals surface area contributed by atoms with E-state index < -0.39 is 5.79 Å². The third-order valence-electron chi connectivity index (χ3n) is 5.81. The van der Waals surface area contributed by atoms with Crippen LogP contribution in [0.2, 0.25) is 0 Å². The monoisotopic (exact) mass is 422 g/mol. The van der Waals surface area contributed by atoms with E-state index >= 15 is 0 Å². The van der Waals surface area contributed by atoms with E-state index in [0.717, 1.165) is 11.3 Å². The molecule has 7 heteroatoms. The summed E-state index contributed by atoms with van der Waals surface area (Å²) in [4.78, 5) is 12.1. The molecule has 5 atom stereocenters. The van der Waals surface area contributed by atoms with Crippen LogP contribution in [0.4, 0.5) is 0 Å². The van der Waals surface area contributed by atoms with Crippen molar-refractivity contribution in [3.63, 3.8) is 0 Å². The number of ether oxygens (including phenoxy) is 6. The van der Waals surface area contributed by atoms with Crippen molar-refractivity contribution in [2.45, 2.75) is 64.8 Å². The zero-order chi connectivity index (χ0) is 21.7. The van der Waals surface area contributed by atoms with Gasteiger partial charge in [0.15, 0.2) is 5.79 Å². The second-order valence-electron chi connectivity index (χ2n) is 8.40. The number of benzene rings is 1. The average molecular weight is 423 g/mol. The molecule has 1 aromatic carbocycles.